The molecule has 2 fully saturated rings. The maximum Gasteiger partial charge on any atom is 0.334 e. The smallest absolute Gasteiger partial charge is 0.325 e. The highest BCUT2D eigenvalue weighted by Crippen LogP contribution is 2.31. The van der Waals surface area contributed by atoms with Crippen molar-refractivity contribution in [3.8, 4) is 0 Å². The molecule has 29 heavy (non-hydrogen) atoms. The lowest BCUT2D eigenvalue weighted by Gasteiger charge is -2.34. The van der Waals surface area contributed by atoms with Crippen LogP contribution in [-0.2, 0) is 14.4 Å². The Labute approximate surface area is 171 Å². The third-order valence-corrected chi connectivity index (χ3v) is 6.16. The molecule has 1 aromatic carbocycles. The van der Waals surface area contributed by atoms with Crippen LogP contribution < -0.4 is 5.32 Å². The average Bonchev–Trinajstić information content (AvgIpc) is 2.92. The van der Waals surface area contributed by atoms with Crippen molar-refractivity contribution in [3.05, 3.63) is 29.8 Å². The van der Waals surface area contributed by atoms with E-state index in [2.05, 4.69) is 19.2 Å². The molecule has 3 rings (SSSR count). The summed E-state index contributed by atoms with van der Waals surface area (Å²) in [6.07, 6.45) is 4.63. The van der Waals surface area contributed by atoms with Gasteiger partial charge >= 0.3 is 17.8 Å². The fourth-order valence-electron chi connectivity index (χ4n) is 4.11. The van der Waals surface area contributed by atoms with Crippen LogP contribution in [0, 0.1) is 5.92 Å². The number of nitrogens with one attached hydrogen (secondary N) is 1. The Morgan fingerprint density at radius 3 is 2.38 bits per heavy atom. The van der Waals surface area contributed by atoms with Gasteiger partial charge in [0.05, 0.1) is 0 Å². The zero-order valence-corrected chi connectivity index (χ0v) is 17.3. The fraction of sp³-hybridized carbons (Fsp3) is 0.545. The van der Waals surface area contributed by atoms with Crippen molar-refractivity contribution in [2.24, 2.45) is 5.92 Å². The van der Waals surface area contributed by atoms with Gasteiger partial charge in [-0.05, 0) is 48.8 Å². The number of carbonyl (C=O) groups excluding carboxylic acids is 4. The Hall–Kier alpha value is -2.70. The maximum absolute atomic E-state index is 12.7. The number of hydrogen-bond acceptors (Lipinski definition) is 4. The second-order valence-corrected chi connectivity index (χ2v) is 8.16. The van der Waals surface area contributed by atoms with E-state index in [0.717, 1.165) is 35.5 Å². The molecule has 0 bridgehead atoms. The molecule has 3 atom stereocenters. The van der Waals surface area contributed by atoms with Gasteiger partial charge in [0.15, 0.2) is 0 Å². The number of benzene rings is 1. The van der Waals surface area contributed by atoms with E-state index >= 15 is 0 Å². The van der Waals surface area contributed by atoms with Crippen molar-refractivity contribution in [3.63, 3.8) is 0 Å². The van der Waals surface area contributed by atoms with Crippen LogP contribution in [-0.4, -0.2) is 46.1 Å². The maximum atomic E-state index is 12.7. The summed E-state index contributed by atoms with van der Waals surface area (Å²) in [6, 6.07) is 6.55. The normalized spacial score (nSPS) is 23.5. The first-order valence-corrected chi connectivity index (χ1v) is 10.4. The zero-order chi connectivity index (χ0) is 21.1. The van der Waals surface area contributed by atoms with Crippen molar-refractivity contribution >= 4 is 29.4 Å². The van der Waals surface area contributed by atoms with E-state index in [-0.39, 0.29) is 12.0 Å². The van der Waals surface area contributed by atoms with Crippen LogP contribution in [0.15, 0.2) is 24.3 Å². The highest BCUT2D eigenvalue weighted by Gasteiger charge is 2.49. The number of anilines is 1. The van der Waals surface area contributed by atoms with E-state index < -0.39 is 30.3 Å². The summed E-state index contributed by atoms with van der Waals surface area (Å²) in [5.41, 5.74) is 1.77. The van der Waals surface area contributed by atoms with Gasteiger partial charge in [0.2, 0.25) is 5.91 Å². The lowest BCUT2D eigenvalue weighted by molar-refractivity contribution is -0.145. The van der Waals surface area contributed by atoms with Gasteiger partial charge in [-0.1, -0.05) is 45.7 Å². The highest BCUT2D eigenvalue weighted by molar-refractivity contribution is 6.45. The summed E-state index contributed by atoms with van der Waals surface area (Å²) in [5.74, 6) is -1.66. The highest BCUT2D eigenvalue weighted by atomic mass is 16.2. The minimum atomic E-state index is -0.921. The number of nitrogens with zero attached hydrogens (tertiary/aromatic N) is 2. The number of hydrogen-bond donors (Lipinski definition) is 1. The molecule has 0 unspecified atom stereocenters. The topological polar surface area (TPSA) is 86.8 Å². The molecule has 7 nitrogen and oxygen atoms in total. The van der Waals surface area contributed by atoms with Gasteiger partial charge in [-0.25, -0.2) is 9.69 Å². The number of rotatable bonds is 6. The largest absolute Gasteiger partial charge is 0.334 e. The van der Waals surface area contributed by atoms with Crippen molar-refractivity contribution in [1.29, 1.82) is 0 Å². The predicted molar refractivity (Wildman–Crippen MR) is 109 cm³/mol. The van der Waals surface area contributed by atoms with Gasteiger partial charge in [0.25, 0.3) is 0 Å². The van der Waals surface area contributed by atoms with E-state index in [1.165, 1.54) is 5.56 Å². The minimum Gasteiger partial charge on any atom is -0.325 e. The first kappa shape index (κ1) is 21.0. The van der Waals surface area contributed by atoms with Gasteiger partial charge < -0.3 is 5.32 Å². The molecule has 1 N–H and O–H groups in total. The van der Waals surface area contributed by atoms with Crippen molar-refractivity contribution in [2.45, 2.75) is 64.8 Å². The van der Waals surface area contributed by atoms with Gasteiger partial charge in [-0.15, -0.1) is 0 Å². The summed E-state index contributed by atoms with van der Waals surface area (Å²) < 4.78 is 0. The summed E-state index contributed by atoms with van der Waals surface area (Å²) in [4.78, 5) is 51.7. The standard InChI is InChI=1S/C22H29N3O4/c1-4-14(2)16-9-11-17(12-10-16)23-19(26)13-24-20(27)21(28)25(22(24)29)18-8-6-5-7-15(18)3/h9-12,14-15,18H,4-8,13H2,1-3H3,(H,23,26)/t14-,15+,18+/m1/s1. The summed E-state index contributed by atoms with van der Waals surface area (Å²) >= 11 is 0. The molecule has 0 spiro atoms. The van der Waals surface area contributed by atoms with Gasteiger partial charge in [-0.2, -0.15) is 0 Å². The van der Waals surface area contributed by atoms with Gasteiger partial charge in [-0.3, -0.25) is 19.3 Å². The number of urea groups is 1. The van der Waals surface area contributed by atoms with Crippen LogP contribution in [0.5, 0.6) is 0 Å². The van der Waals surface area contributed by atoms with Gasteiger partial charge in [0.1, 0.15) is 6.54 Å². The molecular weight excluding hydrogens is 370 g/mol. The molecule has 0 aromatic heterocycles. The van der Waals surface area contributed by atoms with Crippen LogP contribution in [0.25, 0.3) is 0 Å². The third-order valence-electron chi connectivity index (χ3n) is 6.16. The molecule has 1 saturated heterocycles. The molecule has 156 valence electrons. The van der Waals surface area contributed by atoms with Crippen LogP contribution in [0.4, 0.5) is 10.5 Å². The Bertz CT molecular complexity index is 805. The predicted octanol–water partition coefficient (Wildman–Crippen LogP) is 3.51. The van der Waals surface area contributed by atoms with Crippen molar-refractivity contribution in [1.82, 2.24) is 9.80 Å². The SMILES string of the molecule is CC[C@@H](C)c1ccc(NC(=O)CN2C(=O)C(=O)N([C@H]3CCCC[C@@H]3C)C2=O)cc1. The van der Waals surface area contributed by atoms with Crippen LogP contribution >= 0.6 is 0 Å². The van der Waals surface area contributed by atoms with E-state index in [9.17, 15) is 19.2 Å². The molecule has 7 heteroatoms. The Morgan fingerprint density at radius 1 is 1.10 bits per heavy atom. The second kappa shape index (κ2) is 8.76. The lowest BCUT2D eigenvalue weighted by Crippen LogP contribution is -2.46. The molecule has 1 aliphatic carbocycles. The molecule has 2 aliphatic rings. The molecule has 5 amide bonds. The number of carbonyl (C=O) groups is 4. The van der Waals surface area contributed by atoms with E-state index in [1.54, 1.807) is 12.1 Å². The minimum absolute atomic E-state index is 0.155. The fourth-order valence-corrected chi connectivity index (χ4v) is 4.11. The van der Waals surface area contributed by atoms with E-state index in [1.807, 2.05) is 19.1 Å². The van der Waals surface area contributed by atoms with Crippen molar-refractivity contribution in [2.75, 3.05) is 11.9 Å². The number of amides is 5. The van der Waals surface area contributed by atoms with E-state index in [4.69, 9.17) is 0 Å². The zero-order valence-electron chi connectivity index (χ0n) is 17.3. The molecular formula is C22H29N3O4. The van der Waals surface area contributed by atoms with Crippen LogP contribution in [0.1, 0.15) is 64.4 Å². The van der Waals surface area contributed by atoms with E-state index in [0.29, 0.717) is 18.0 Å². The molecule has 1 aliphatic heterocycles. The summed E-state index contributed by atoms with van der Waals surface area (Å²) in [6.45, 7) is 5.78. The quantitative estimate of drug-likeness (QED) is 0.586. The average molecular weight is 399 g/mol. The lowest BCUT2D eigenvalue weighted by atomic mass is 9.85. The second-order valence-electron chi connectivity index (χ2n) is 8.16. The molecule has 0 radical (unpaired) electrons. The summed E-state index contributed by atoms with van der Waals surface area (Å²) in [7, 11) is 0. The monoisotopic (exact) mass is 399 g/mol. The Kier molecular flexibility index (Phi) is 6.35. The molecule has 1 aromatic rings. The first-order valence-electron chi connectivity index (χ1n) is 10.4. The Morgan fingerprint density at radius 2 is 1.76 bits per heavy atom. The van der Waals surface area contributed by atoms with Gasteiger partial charge in [0, 0.05) is 11.7 Å². The third kappa shape index (κ3) is 4.33. The Balaban J connectivity index is 1.64. The molecule has 1 saturated carbocycles. The summed E-state index contributed by atoms with van der Waals surface area (Å²) in [5, 5.41) is 2.70. The first-order chi connectivity index (χ1) is 13.8. The molecule has 1 heterocycles. The number of imide groups is 2. The van der Waals surface area contributed by atoms with Crippen molar-refractivity contribution < 1.29 is 19.2 Å². The van der Waals surface area contributed by atoms with Crippen LogP contribution in [0.2, 0.25) is 0 Å². The van der Waals surface area contributed by atoms with Crippen LogP contribution in [0.3, 0.4) is 0 Å².